The zero-order valence-corrected chi connectivity index (χ0v) is 15.5. The molecule has 0 spiro atoms. The molecule has 2 aromatic rings. The Morgan fingerprint density at radius 1 is 1.19 bits per heavy atom. The van der Waals surface area contributed by atoms with E-state index < -0.39 is 0 Å². The van der Waals surface area contributed by atoms with Crippen molar-refractivity contribution in [2.24, 2.45) is 7.05 Å². The molecule has 1 saturated heterocycles. The van der Waals surface area contributed by atoms with Crippen molar-refractivity contribution in [2.75, 3.05) is 56.1 Å². The third-order valence-electron chi connectivity index (χ3n) is 4.60. The van der Waals surface area contributed by atoms with Gasteiger partial charge in [0.1, 0.15) is 5.75 Å². The average molecular weight is 357 g/mol. The monoisotopic (exact) mass is 357 g/mol. The van der Waals surface area contributed by atoms with Gasteiger partial charge < -0.3 is 15.0 Å². The van der Waals surface area contributed by atoms with Gasteiger partial charge in [-0.3, -0.25) is 9.69 Å². The van der Waals surface area contributed by atoms with Crippen molar-refractivity contribution in [2.45, 2.75) is 6.92 Å². The Bertz CT molecular complexity index is 769. The molecule has 1 aliphatic heterocycles. The van der Waals surface area contributed by atoms with Crippen LogP contribution in [0.4, 0.5) is 11.4 Å². The minimum absolute atomic E-state index is 0.100. The highest BCUT2D eigenvalue weighted by molar-refractivity contribution is 5.58. The number of rotatable bonds is 7. The van der Waals surface area contributed by atoms with Crippen LogP contribution in [-0.2, 0) is 7.05 Å². The number of piperazine rings is 1. The Morgan fingerprint density at radius 3 is 2.69 bits per heavy atom. The molecule has 7 heteroatoms. The standard InChI is InChI=1S/C19H27N5O2/c1-3-26-18-7-5-4-6-17(18)24-12-10-23(11-13-24)9-8-20-16-14-19(25)22(2)21-15-16/h4-7,14-15,20H,3,8-13H2,1-2H3. The van der Waals surface area contributed by atoms with Gasteiger partial charge >= 0.3 is 0 Å². The van der Waals surface area contributed by atoms with Gasteiger partial charge in [0.25, 0.3) is 5.56 Å². The van der Waals surface area contributed by atoms with E-state index in [0.717, 1.165) is 50.7 Å². The van der Waals surface area contributed by atoms with E-state index in [1.54, 1.807) is 19.3 Å². The minimum Gasteiger partial charge on any atom is -0.492 e. The summed E-state index contributed by atoms with van der Waals surface area (Å²) in [4.78, 5) is 16.4. The van der Waals surface area contributed by atoms with Crippen molar-refractivity contribution in [1.82, 2.24) is 14.7 Å². The molecule has 1 aromatic heterocycles. The second kappa shape index (κ2) is 8.71. The molecular weight excluding hydrogens is 330 g/mol. The summed E-state index contributed by atoms with van der Waals surface area (Å²) in [6.45, 7) is 8.42. The van der Waals surface area contributed by atoms with Crippen LogP contribution in [0.15, 0.2) is 41.3 Å². The second-order valence-electron chi connectivity index (χ2n) is 6.36. The number of aryl methyl sites for hydroxylation is 1. The molecule has 1 aliphatic rings. The molecular formula is C19H27N5O2. The molecule has 0 bridgehead atoms. The van der Waals surface area contributed by atoms with Gasteiger partial charge in [-0.2, -0.15) is 5.10 Å². The summed E-state index contributed by atoms with van der Waals surface area (Å²) in [5.41, 5.74) is 1.85. The Morgan fingerprint density at radius 2 is 1.96 bits per heavy atom. The van der Waals surface area contributed by atoms with Crippen LogP contribution in [0.3, 0.4) is 0 Å². The molecule has 7 nitrogen and oxygen atoms in total. The van der Waals surface area contributed by atoms with Crippen LogP contribution < -0.4 is 20.5 Å². The van der Waals surface area contributed by atoms with Crippen molar-refractivity contribution in [3.05, 3.63) is 46.9 Å². The van der Waals surface area contributed by atoms with Gasteiger partial charge in [-0.1, -0.05) is 12.1 Å². The largest absolute Gasteiger partial charge is 0.492 e. The summed E-state index contributed by atoms with van der Waals surface area (Å²) in [5.74, 6) is 0.961. The predicted molar refractivity (Wildman–Crippen MR) is 104 cm³/mol. The van der Waals surface area contributed by atoms with E-state index in [-0.39, 0.29) is 5.56 Å². The Kier molecular flexibility index (Phi) is 6.12. The highest BCUT2D eigenvalue weighted by atomic mass is 16.5. The molecule has 0 saturated carbocycles. The number of ether oxygens (including phenoxy) is 1. The van der Waals surface area contributed by atoms with E-state index >= 15 is 0 Å². The molecule has 0 aliphatic carbocycles. The molecule has 0 atom stereocenters. The molecule has 140 valence electrons. The molecule has 3 rings (SSSR count). The minimum atomic E-state index is -0.100. The van der Waals surface area contributed by atoms with Gasteiger partial charge in [0.15, 0.2) is 0 Å². The highest BCUT2D eigenvalue weighted by Crippen LogP contribution is 2.28. The fourth-order valence-electron chi connectivity index (χ4n) is 3.13. The molecule has 1 aromatic carbocycles. The van der Waals surface area contributed by atoms with Crippen molar-refractivity contribution in [1.29, 1.82) is 0 Å². The SMILES string of the molecule is CCOc1ccccc1N1CCN(CCNc2cnn(C)c(=O)c2)CC1. The lowest BCUT2D eigenvalue weighted by atomic mass is 10.2. The van der Waals surface area contributed by atoms with E-state index in [0.29, 0.717) is 6.61 Å². The smallest absolute Gasteiger partial charge is 0.268 e. The maximum atomic E-state index is 11.6. The first kappa shape index (κ1) is 18.3. The first-order chi connectivity index (χ1) is 12.7. The van der Waals surface area contributed by atoms with Gasteiger partial charge in [0.2, 0.25) is 0 Å². The molecule has 0 unspecified atom stereocenters. The first-order valence-corrected chi connectivity index (χ1v) is 9.13. The number of hydrogen-bond donors (Lipinski definition) is 1. The predicted octanol–water partition coefficient (Wildman–Crippen LogP) is 1.41. The number of hydrogen-bond acceptors (Lipinski definition) is 6. The molecule has 26 heavy (non-hydrogen) atoms. The van der Waals surface area contributed by atoms with Crippen molar-refractivity contribution >= 4 is 11.4 Å². The van der Waals surface area contributed by atoms with E-state index in [4.69, 9.17) is 4.74 Å². The number of anilines is 2. The van der Waals surface area contributed by atoms with Crippen LogP contribution >= 0.6 is 0 Å². The molecule has 2 heterocycles. The number of nitrogens with zero attached hydrogens (tertiary/aromatic N) is 4. The maximum absolute atomic E-state index is 11.6. The zero-order valence-electron chi connectivity index (χ0n) is 15.5. The van der Waals surface area contributed by atoms with Crippen molar-refractivity contribution < 1.29 is 4.74 Å². The topological polar surface area (TPSA) is 62.6 Å². The zero-order chi connectivity index (χ0) is 18.4. The lowest BCUT2D eigenvalue weighted by Crippen LogP contribution is -2.47. The van der Waals surface area contributed by atoms with Crippen molar-refractivity contribution in [3.63, 3.8) is 0 Å². The number of aromatic nitrogens is 2. The van der Waals surface area contributed by atoms with E-state index in [9.17, 15) is 4.79 Å². The molecule has 1 fully saturated rings. The van der Waals surface area contributed by atoms with Crippen molar-refractivity contribution in [3.8, 4) is 5.75 Å². The lowest BCUT2D eigenvalue weighted by molar-refractivity contribution is 0.265. The summed E-state index contributed by atoms with van der Waals surface area (Å²) in [6, 6.07) is 9.82. The highest BCUT2D eigenvalue weighted by Gasteiger charge is 2.19. The Labute approximate surface area is 154 Å². The van der Waals surface area contributed by atoms with Crippen LogP contribution in [-0.4, -0.2) is 60.6 Å². The number of para-hydroxylation sites is 2. The van der Waals surface area contributed by atoms with Gasteiger partial charge in [-0.05, 0) is 19.1 Å². The van der Waals surface area contributed by atoms with Crippen LogP contribution in [0.25, 0.3) is 0 Å². The first-order valence-electron chi connectivity index (χ1n) is 9.13. The Balaban J connectivity index is 1.47. The molecule has 1 N–H and O–H groups in total. The van der Waals surface area contributed by atoms with E-state index in [1.807, 2.05) is 19.1 Å². The lowest BCUT2D eigenvalue weighted by Gasteiger charge is -2.36. The maximum Gasteiger partial charge on any atom is 0.268 e. The second-order valence-corrected chi connectivity index (χ2v) is 6.36. The average Bonchev–Trinajstić information content (AvgIpc) is 2.66. The van der Waals surface area contributed by atoms with Gasteiger partial charge in [-0.15, -0.1) is 0 Å². The van der Waals surface area contributed by atoms with Crippen LogP contribution in [0.5, 0.6) is 5.75 Å². The number of benzene rings is 1. The normalized spacial score (nSPS) is 15.1. The molecule has 0 amide bonds. The van der Waals surface area contributed by atoms with E-state index in [2.05, 4.69) is 32.3 Å². The quantitative estimate of drug-likeness (QED) is 0.809. The number of nitrogens with one attached hydrogen (secondary N) is 1. The Hall–Kier alpha value is -2.54. The molecule has 0 radical (unpaired) electrons. The summed E-state index contributed by atoms with van der Waals surface area (Å²) >= 11 is 0. The third-order valence-corrected chi connectivity index (χ3v) is 4.60. The fourth-order valence-corrected chi connectivity index (χ4v) is 3.13. The van der Waals surface area contributed by atoms with Gasteiger partial charge in [-0.25, -0.2) is 4.68 Å². The van der Waals surface area contributed by atoms with Gasteiger partial charge in [0, 0.05) is 52.4 Å². The summed E-state index contributed by atoms with van der Waals surface area (Å²) in [5, 5.41) is 7.30. The van der Waals surface area contributed by atoms with E-state index in [1.165, 1.54) is 10.4 Å². The van der Waals surface area contributed by atoms with Crippen LogP contribution in [0.1, 0.15) is 6.92 Å². The van der Waals surface area contributed by atoms with Gasteiger partial charge in [0.05, 0.1) is 24.2 Å². The third kappa shape index (κ3) is 4.54. The summed E-state index contributed by atoms with van der Waals surface area (Å²) in [7, 11) is 1.65. The fraction of sp³-hybridized carbons (Fsp3) is 0.474. The van der Waals surface area contributed by atoms with Crippen LogP contribution in [0.2, 0.25) is 0 Å². The summed E-state index contributed by atoms with van der Waals surface area (Å²) in [6.07, 6.45) is 1.68. The van der Waals surface area contributed by atoms with Crippen LogP contribution in [0, 0.1) is 0 Å². The summed E-state index contributed by atoms with van der Waals surface area (Å²) < 4.78 is 7.07.